The minimum absolute atomic E-state index is 0.0237. The van der Waals surface area contributed by atoms with Crippen LogP contribution >= 0.6 is 7.75 Å². The first-order valence-electron chi connectivity index (χ1n) is 3.97. The number of nitrogens with zero attached hydrogens (tertiary/aromatic N) is 1. The molecule has 0 aliphatic carbocycles. The van der Waals surface area contributed by atoms with Crippen molar-refractivity contribution in [1.29, 1.82) is 0 Å². The first-order valence-corrected chi connectivity index (χ1v) is 5.47. The Morgan fingerprint density at radius 2 is 2.13 bits per heavy atom. The van der Waals surface area contributed by atoms with Crippen LogP contribution in [0.4, 0.5) is 4.79 Å². The Balaban J connectivity index is 2.62. The minimum atomic E-state index is -3.57. The average molecular weight is 238 g/mol. The standard InChI is InChI=1S/C6H11N2O6P/c1-13-15(12,14-2)8-3-4(5(8)9)7-6(10)11/h4,7H,3H2,1-2H3,(H,10,11)/t4-/m0/s1. The monoisotopic (exact) mass is 238 g/mol. The highest BCUT2D eigenvalue weighted by atomic mass is 31.2. The van der Waals surface area contributed by atoms with E-state index in [1.54, 1.807) is 0 Å². The molecule has 9 heteroatoms. The summed E-state index contributed by atoms with van der Waals surface area (Å²) in [5, 5.41) is 10.3. The van der Waals surface area contributed by atoms with Gasteiger partial charge in [-0.25, -0.2) is 14.0 Å². The summed E-state index contributed by atoms with van der Waals surface area (Å²) < 4.78 is 21.7. The molecule has 0 saturated carbocycles. The van der Waals surface area contributed by atoms with Crippen LogP contribution in [-0.2, 0) is 18.4 Å². The lowest BCUT2D eigenvalue weighted by Gasteiger charge is -2.39. The molecule has 15 heavy (non-hydrogen) atoms. The maximum Gasteiger partial charge on any atom is 0.437 e. The molecule has 1 fully saturated rings. The molecule has 0 spiro atoms. The molecule has 1 atom stereocenters. The maximum atomic E-state index is 11.7. The van der Waals surface area contributed by atoms with E-state index >= 15 is 0 Å². The van der Waals surface area contributed by atoms with Gasteiger partial charge in [-0.05, 0) is 0 Å². The number of hydrogen-bond donors (Lipinski definition) is 2. The number of rotatable bonds is 4. The molecule has 0 bridgehead atoms. The number of hydrogen-bond acceptors (Lipinski definition) is 5. The van der Waals surface area contributed by atoms with Crippen LogP contribution in [0.5, 0.6) is 0 Å². The highest BCUT2D eigenvalue weighted by Gasteiger charge is 2.49. The second-order valence-corrected chi connectivity index (χ2v) is 4.91. The summed E-state index contributed by atoms with van der Waals surface area (Å²) >= 11 is 0. The summed E-state index contributed by atoms with van der Waals surface area (Å²) in [6.07, 6.45) is -1.31. The molecule has 0 unspecified atom stereocenters. The van der Waals surface area contributed by atoms with Crippen molar-refractivity contribution >= 4 is 19.7 Å². The number of nitrogens with one attached hydrogen (secondary N) is 1. The molecule has 1 heterocycles. The Labute approximate surface area is 85.7 Å². The number of carbonyl (C=O) groups excluding carboxylic acids is 1. The topological polar surface area (TPSA) is 105 Å². The van der Waals surface area contributed by atoms with E-state index in [1.807, 2.05) is 5.32 Å². The zero-order valence-electron chi connectivity index (χ0n) is 8.17. The highest BCUT2D eigenvalue weighted by Crippen LogP contribution is 2.53. The molecular weight excluding hydrogens is 227 g/mol. The highest BCUT2D eigenvalue weighted by molar-refractivity contribution is 7.52. The van der Waals surface area contributed by atoms with Gasteiger partial charge in [0.2, 0.25) is 0 Å². The van der Waals surface area contributed by atoms with Crippen molar-refractivity contribution in [3.05, 3.63) is 0 Å². The fraction of sp³-hybridized carbons (Fsp3) is 0.667. The fourth-order valence-corrected chi connectivity index (χ4v) is 2.44. The molecule has 0 aromatic heterocycles. The van der Waals surface area contributed by atoms with E-state index in [0.717, 1.165) is 18.9 Å². The molecule has 1 saturated heterocycles. The molecule has 0 aromatic rings. The number of amides is 2. The molecule has 2 amide bonds. The second-order valence-electron chi connectivity index (χ2n) is 2.76. The smallest absolute Gasteiger partial charge is 0.437 e. The Morgan fingerprint density at radius 3 is 2.47 bits per heavy atom. The zero-order valence-corrected chi connectivity index (χ0v) is 9.06. The van der Waals surface area contributed by atoms with Crippen LogP contribution < -0.4 is 5.32 Å². The van der Waals surface area contributed by atoms with Gasteiger partial charge in [-0.3, -0.25) is 13.8 Å². The normalized spacial score (nSPS) is 21.1. The van der Waals surface area contributed by atoms with Gasteiger partial charge in [0.15, 0.2) is 0 Å². The summed E-state index contributed by atoms with van der Waals surface area (Å²) in [5.41, 5.74) is 0. The summed E-state index contributed by atoms with van der Waals surface area (Å²) in [6.45, 7) is -0.0237. The average Bonchev–Trinajstić information content (AvgIpc) is 2.22. The Kier molecular flexibility index (Phi) is 3.33. The maximum absolute atomic E-state index is 11.7. The van der Waals surface area contributed by atoms with Crippen molar-refractivity contribution in [2.75, 3.05) is 20.8 Å². The van der Waals surface area contributed by atoms with Gasteiger partial charge in [0.05, 0.1) is 6.54 Å². The third-order valence-electron chi connectivity index (χ3n) is 1.96. The first-order chi connectivity index (χ1) is 6.94. The van der Waals surface area contributed by atoms with Gasteiger partial charge in [-0.15, -0.1) is 0 Å². The largest absolute Gasteiger partial charge is 0.465 e. The molecule has 2 N–H and O–H groups in total. The first kappa shape index (κ1) is 12.0. The SMILES string of the molecule is COP(=O)(OC)N1C[C@H](NC(=O)O)C1=O. The second kappa shape index (κ2) is 4.18. The van der Waals surface area contributed by atoms with E-state index in [4.69, 9.17) is 5.11 Å². The van der Waals surface area contributed by atoms with Crippen LogP contribution in [0.1, 0.15) is 0 Å². The minimum Gasteiger partial charge on any atom is -0.465 e. The van der Waals surface area contributed by atoms with Crippen LogP contribution in [0.25, 0.3) is 0 Å². The van der Waals surface area contributed by atoms with Gasteiger partial charge < -0.3 is 10.4 Å². The quantitative estimate of drug-likeness (QED) is 0.522. The molecule has 1 rings (SSSR count). The van der Waals surface area contributed by atoms with E-state index in [0.29, 0.717) is 0 Å². The van der Waals surface area contributed by atoms with Gasteiger partial charge in [-0.2, -0.15) is 0 Å². The van der Waals surface area contributed by atoms with E-state index in [1.165, 1.54) is 0 Å². The Morgan fingerprint density at radius 1 is 1.60 bits per heavy atom. The van der Waals surface area contributed by atoms with Gasteiger partial charge in [0.25, 0.3) is 5.91 Å². The van der Waals surface area contributed by atoms with E-state index in [9.17, 15) is 14.2 Å². The number of carboxylic acid groups (broad SMARTS) is 1. The van der Waals surface area contributed by atoms with Crippen LogP contribution in [0.3, 0.4) is 0 Å². The lowest BCUT2D eigenvalue weighted by atomic mass is 10.2. The summed E-state index contributed by atoms with van der Waals surface area (Å²) in [4.78, 5) is 21.6. The molecule has 8 nitrogen and oxygen atoms in total. The van der Waals surface area contributed by atoms with Crippen molar-refractivity contribution in [3.63, 3.8) is 0 Å². The molecule has 1 aliphatic heterocycles. The number of carbonyl (C=O) groups is 2. The van der Waals surface area contributed by atoms with Gasteiger partial charge in [0, 0.05) is 14.2 Å². The third kappa shape index (κ3) is 2.11. The van der Waals surface area contributed by atoms with Gasteiger partial charge in [0.1, 0.15) is 6.04 Å². The van der Waals surface area contributed by atoms with Crippen molar-refractivity contribution < 1.29 is 28.3 Å². The van der Waals surface area contributed by atoms with Crippen molar-refractivity contribution in [1.82, 2.24) is 9.99 Å². The number of β-lactam (4-membered cyclic amide) rings is 1. The molecule has 0 aromatic carbocycles. The van der Waals surface area contributed by atoms with E-state index in [-0.39, 0.29) is 6.54 Å². The van der Waals surface area contributed by atoms with Crippen LogP contribution in [0.2, 0.25) is 0 Å². The lowest BCUT2D eigenvalue weighted by molar-refractivity contribution is -0.138. The molecule has 86 valence electrons. The van der Waals surface area contributed by atoms with Crippen LogP contribution in [0.15, 0.2) is 0 Å². The fourth-order valence-electron chi connectivity index (χ4n) is 1.16. The summed E-state index contributed by atoms with van der Waals surface area (Å²) in [6, 6.07) is -0.874. The van der Waals surface area contributed by atoms with Crippen molar-refractivity contribution in [2.45, 2.75) is 6.04 Å². The Hall–Kier alpha value is -1.11. The predicted molar refractivity (Wildman–Crippen MR) is 48.3 cm³/mol. The summed E-state index contributed by atoms with van der Waals surface area (Å²) in [7, 11) is -1.27. The lowest BCUT2D eigenvalue weighted by Crippen LogP contribution is -2.62. The van der Waals surface area contributed by atoms with E-state index < -0.39 is 25.8 Å². The molecule has 1 aliphatic rings. The van der Waals surface area contributed by atoms with Crippen molar-refractivity contribution in [2.24, 2.45) is 0 Å². The zero-order chi connectivity index (χ0) is 11.6. The van der Waals surface area contributed by atoms with Gasteiger partial charge >= 0.3 is 13.8 Å². The van der Waals surface area contributed by atoms with Crippen molar-refractivity contribution in [3.8, 4) is 0 Å². The molecule has 0 radical (unpaired) electrons. The Bertz CT molecular complexity index is 324. The molecular formula is C6H11N2O6P. The third-order valence-corrected chi connectivity index (χ3v) is 3.84. The predicted octanol–water partition coefficient (Wildman–Crippen LogP) is -0.134. The van der Waals surface area contributed by atoms with Crippen LogP contribution in [-0.4, -0.2) is 48.6 Å². The van der Waals surface area contributed by atoms with E-state index in [2.05, 4.69) is 9.05 Å². The van der Waals surface area contributed by atoms with Crippen LogP contribution in [0, 0.1) is 0 Å². The summed E-state index contributed by atoms with van der Waals surface area (Å²) in [5.74, 6) is -0.621. The van der Waals surface area contributed by atoms with Gasteiger partial charge in [-0.1, -0.05) is 0 Å².